The number of benzene rings is 3. The summed E-state index contributed by atoms with van der Waals surface area (Å²) in [6.45, 7) is -0.0356. The van der Waals surface area contributed by atoms with Crippen LogP contribution < -0.4 is 14.8 Å². The van der Waals surface area contributed by atoms with Crippen LogP contribution in [0.15, 0.2) is 84.2 Å². The largest absolute Gasteiger partial charge is 0.493 e. The van der Waals surface area contributed by atoms with E-state index < -0.39 is 12.0 Å². The Kier molecular flexibility index (Phi) is 7.74. The molecule has 1 heterocycles. The van der Waals surface area contributed by atoms with Crippen molar-refractivity contribution in [3.05, 3.63) is 101 Å². The number of carbonyl (C=O) groups is 2. The van der Waals surface area contributed by atoms with Gasteiger partial charge in [-0.25, -0.2) is 9.78 Å². The van der Waals surface area contributed by atoms with Crippen molar-refractivity contribution >= 4 is 23.2 Å². The van der Waals surface area contributed by atoms with Crippen molar-refractivity contribution in [2.24, 2.45) is 0 Å². The van der Waals surface area contributed by atoms with Crippen LogP contribution >= 0.6 is 11.3 Å². The average Bonchev–Trinajstić information content (AvgIpc) is 3.39. The molecular formula is C27H24N2O5S. The van der Waals surface area contributed by atoms with Crippen molar-refractivity contribution < 1.29 is 23.8 Å². The van der Waals surface area contributed by atoms with E-state index in [1.54, 1.807) is 62.8 Å². The monoisotopic (exact) mass is 488 g/mol. The molecule has 1 amide bonds. The van der Waals surface area contributed by atoms with Gasteiger partial charge in [-0.3, -0.25) is 4.79 Å². The normalized spacial score (nSPS) is 11.4. The Hall–Kier alpha value is -4.17. The molecular weight excluding hydrogens is 464 g/mol. The van der Waals surface area contributed by atoms with Crippen LogP contribution in [0, 0.1) is 0 Å². The molecule has 0 spiro atoms. The third-order valence-corrected chi connectivity index (χ3v) is 6.15. The van der Waals surface area contributed by atoms with Gasteiger partial charge in [-0.2, -0.15) is 0 Å². The zero-order chi connectivity index (χ0) is 24.6. The fourth-order valence-corrected chi connectivity index (χ4v) is 4.33. The van der Waals surface area contributed by atoms with Crippen LogP contribution in [0.5, 0.6) is 11.5 Å². The minimum absolute atomic E-state index is 0.0356. The van der Waals surface area contributed by atoms with Crippen LogP contribution in [0.2, 0.25) is 0 Å². The highest BCUT2D eigenvalue weighted by atomic mass is 32.1. The first-order chi connectivity index (χ1) is 17.1. The molecule has 0 fully saturated rings. The molecule has 1 atom stereocenters. The molecule has 0 bridgehead atoms. The summed E-state index contributed by atoms with van der Waals surface area (Å²) in [5, 5.41) is 5.32. The van der Waals surface area contributed by atoms with E-state index in [1.165, 1.54) is 11.3 Å². The summed E-state index contributed by atoms with van der Waals surface area (Å²) < 4.78 is 16.4. The van der Waals surface area contributed by atoms with Gasteiger partial charge in [-0.05, 0) is 29.8 Å². The van der Waals surface area contributed by atoms with Gasteiger partial charge in [0.2, 0.25) is 0 Å². The van der Waals surface area contributed by atoms with Crippen molar-refractivity contribution in [2.75, 3.05) is 14.2 Å². The Balaban J connectivity index is 1.49. The lowest BCUT2D eigenvalue weighted by Crippen LogP contribution is -2.34. The topological polar surface area (TPSA) is 86.8 Å². The molecule has 178 valence electrons. The van der Waals surface area contributed by atoms with E-state index in [4.69, 9.17) is 14.2 Å². The second-order valence-electron chi connectivity index (χ2n) is 7.48. The Morgan fingerprint density at radius 2 is 1.63 bits per heavy atom. The number of para-hydroxylation sites is 1. The van der Waals surface area contributed by atoms with Gasteiger partial charge in [0.15, 0.2) is 17.5 Å². The number of hydrogen-bond acceptors (Lipinski definition) is 7. The summed E-state index contributed by atoms with van der Waals surface area (Å²) in [5.74, 6) is 0.250. The van der Waals surface area contributed by atoms with Gasteiger partial charge in [-0.1, -0.05) is 54.6 Å². The number of ether oxygens (including phenoxy) is 3. The summed E-state index contributed by atoms with van der Waals surface area (Å²) in [6, 6.07) is 22.3. The molecule has 0 saturated carbocycles. The van der Waals surface area contributed by atoms with Gasteiger partial charge in [-0.15, -0.1) is 11.3 Å². The van der Waals surface area contributed by atoms with E-state index in [1.807, 2.05) is 35.7 Å². The molecule has 7 nitrogen and oxygen atoms in total. The van der Waals surface area contributed by atoms with Crippen molar-refractivity contribution in [2.45, 2.75) is 12.6 Å². The summed E-state index contributed by atoms with van der Waals surface area (Å²) in [4.78, 5) is 30.4. The second-order valence-corrected chi connectivity index (χ2v) is 8.33. The highest BCUT2D eigenvalue weighted by molar-refractivity contribution is 7.13. The molecule has 3 aromatic carbocycles. The van der Waals surface area contributed by atoms with Gasteiger partial charge >= 0.3 is 5.97 Å². The molecule has 0 aliphatic carbocycles. The van der Waals surface area contributed by atoms with Crippen molar-refractivity contribution in [1.82, 2.24) is 10.3 Å². The van der Waals surface area contributed by atoms with Gasteiger partial charge in [0.05, 0.1) is 25.5 Å². The van der Waals surface area contributed by atoms with Crippen molar-refractivity contribution in [3.63, 3.8) is 0 Å². The number of amides is 1. The zero-order valence-electron chi connectivity index (χ0n) is 19.3. The summed E-state index contributed by atoms with van der Waals surface area (Å²) >= 11 is 1.41. The van der Waals surface area contributed by atoms with E-state index in [-0.39, 0.29) is 12.5 Å². The first kappa shape index (κ1) is 24.0. The zero-order valence-corrected chi connectivity index (χ0v) is 20.1. The maximum Gasteiger partial charge on any atom is 0.333 e. The van der Waals surface area contributed by atoms with Crippen LogP contribution in [0.25, 0.3) is 10.6 Å². The number of nitrogens with zero attached hydrogens (tertiary/aromatic N) is 1. The first-order valence-corrected chi connectivity index (χ1v) is 11.7. The number of thiazole rings is 1. The SMILES string of the molecule is COc1cccc(-c2nc(COC(=O)C(NC(=O)c3ccccc3)c3ccccc3)cs2)c1OC. The molecule has 35 heavy (non-hydrogen) atoms. The van der Waals surface area contributed by atoms with Gasteiger partial charge in [0.25, 0.3) is 5.91 Å². The van der Waals surface area contributed by atoms with Crippen molar-refractivity contribution in [1.29, 1.82) is 0 Å². The Morgan fingerprint density at radius 3 is 2.31 bits per heavy atom. The van der Waals surface area contributed by atoms with Crippen LogP contribution in [-0.2, 0) is 16.1 Å². The van der Waals surface area contributed by atoms with Crippen LogP contribution in [0.1, 0.15) is 27.7 Å². The summed E-state index contributed by atoms with van der Waals surface area (Å²) in [7, 11) is 3.15. The van der Waals surface area contributed by atoms with E-state index in [9.17, 15) is 9.59 Å². The van der Waals surface area contributed by atoms with E-state index in [2.05, 4.69) is 10.3 Å². The molecule has 0 radical (unpaired) electrons. The Labute approximate surface area is 207 Å². The van der Waals surface area contributed by atoms with Crippen LogP contribution in [0.3, 0.4) is 0 Å². The molecule has 1 unspecified atom stereocenters. The fraction of sp³-hybridized carbons (Fsp3) is 0.148. The number of carbonyl (C=O) groups excluding carboxylic acids is 2. The molecule has 4 rings (SSSR count). The number of esters is 1. The minimum atomic E-state index is -0.958. The number of hydrogen-bond donors (Lipinski definition) is 1. The summed E-state index contributed by atoms with van der Waals surface area (Å²) in [5.41, 5.74) is 2.45. The standard InChI is InChI=1S/C27H24N2O5S/c1-32-22-15-9-14-21(24(22)33-2)26-28-20(17-35-26)16-34-27(31)23(18-10-5-3-6-11-18)29-25(30)19-12-7-4-8-13-19/h3-15,17,23H,16H2,1-2H3,(H,29,30). The highest BCUT2D eigenvalue weighted by Crippen LogP contribution is 2.39. The maximum absolute atomic E-state index is 13.0. The lowest BCUT2D eigenvalue weighted by Gasteiger charge is -2.18. The Bertz CT molecular complexity index is 1290. The lowest BCUT2D eigenvalue weighted by molar-refractivity contribution is -0.147. The Morgan fingerprint density at radius 1 is 0.914 bits per heavy atom. The van der Waals surface area contributed by atoms with Gasteiger partial charge in [0.1, 0.15) is 11.6 Å². The predicted octanol–water partition coefficient (Wildman–Crippen LogP) is 5.04. The third kappa shape index (κ3) is 5.67. The van der Waals surface area contributed by atoms with Crippen LogP contribution in [-0.4, -0.2) is 31.1 Å². The summed E-state index contributed by atoms with van der Waals surface area (Å²) in [6.07, 6.45) is 0. The molecule has 1 aromatic heterocycles. The predicted molar refractivity (Wildman–Crippen MR) is 134 cm³/mol. The molecule has 0 saturated heterocycles. The third-order valence-electron chi connectivity index (χ3n) is 5.23. The highest BCUT2D eigenvalue weighted by Gasteiger charge is 2.25. The smallest absolute Gasteiger partial charge is 0.333 e. The van der Waals surface area contributed by atoms with Crippen LogP contribution in [0.4, 0.5) is 0 Å². The van der Waals surface area contributed by atoms with Gasteiger partial charge < -0.3 is 19.5 Å². The molecule has 0 aliphatic rings. The quantitative estimate of drug-likeness (QED) is 0.332. The van der Waals surface area contributed by atoms with Crippen molar-refractivity contribution in [3.8, 4) is 22.1 Å². The first-order valence-electron chi connectivity index (χ1n) is 10.8. The second kappa shape index (κ2) is 11.3. The molecule has 4 aromatic rings. The number of aromatic nitrogens is 1. The molecule has 1 N–H and O–H groups in total. The maximum atomic E-state index is 13.0. The number of methoxy groups -OCH3 is 2. The van der Waals surface area contributed by atoms with E-state index in [0.29, 0.717) is 33.3 Å². The van der Waals surface area contributed by atoms with E-state index >= 15 is 0 Å². The van der Waals surface area contributed by atoms with Gasteiger partial charge in [0, 0.05) is 10.9 Å². The molecule has 8 heteroatoms. The average molecular weight is 489 g/mol. The lowest BCUT2D eigenvalue weighted by atomic mass is 10.1. The number of nitrogens with one attached hydrogen (secondary N) is 1. The fourth-order valence-electron chi connectivity index (χ4n) is 3.51. The molecule has 0 aliphatic heterocycles. The van der Waals surface area contributed by atoms with E-state index in [0.717, 1.165) is 5.56 Å². The minimum Gasteiger partial charge on any atom is -0.493 e. The number of rotatable bonds is 9.